The smallest absolute Gasteiger partial charge is 0.410 e. The third kappa shape index (κ3) is 4.97. The summed E-state index contributed by atoms with van der Waals surface area (Å²) in [4.78, 5) is 40.5. The van der Waals surface area contributed by atoms with E-state index < -0.39 is 5.60 Å². The van der Waals surface area contributed by atoms with Gasteiger partial charge in [0.25, 0.3) is 5.91 Å². The molecule has 3 aromatic rings. The Morgan fingerprint density at radius 3 is 2.48 bits per heavy atom. The van der Waals surface area contributed by atoms with Crippen LogP contribution in [0.4, 0.5) is 9.18 Å². The van der Waals surface area contributed by atoms with Gasteiger partial charge in [-0.15, -0.1) is 11.3 Å². The minimum Gasteiger partial charge on any atom is -0.444 e. The van der Waals surface area contributed by atoms with E-state index in [0.717, 1.165) is 53.8 Å². The molecule has 2 saturated heterocycles. The Bertz CT molecular complexity index is 1450. The lowest BCUT2D eigenvalue weighted by atomic mass is 9.95. The molecule has 3 unspecified atom stereocenters. The van der Waals surface area contributed by atoms with Crippen molar-refractivity contribution < 1.29 is 18.7 Å². The summed E-state index contributed by atoms with van der Waals surface area (Å²) in [6.45, 7) is 10.0. The Morgan fingerprint density at radius 1 is 1.10 bits per heavy atom. The Balaban J connectivity index is 1.16. The maximum absolute atomic E-state index is 15.5. The van der Waals surface area contributed by atoms with E-state index >= 15 is 4.39 Å². The number of carbonyl (C=O) groups is 2. The number of piperidine rings is 1. The zero-order valence-electron chi connectivity index (χ0n) is 23.8. The Kier molecular flexibility index (Phi) is 6.84. The van der Waals surface area contributed by atoms with Crippen molar-refractivity contribution in [1.29, 1.82) is 0 Å². The summed E-state index contributed by atoms with van der Waals surface area (Å²) in [7, 11) is 0. The molecule has 0 N–H and O–H groups in total. The Labute approximate surface area is 238 Å². The number of hydrogen-bond donors (Lipinski definition) is 0. The van der Waals surface area contributed by atoms with Gasteiger partial charge in [-0.2, -0.15) is 0 Å². The van der Waals surface area contributed by atoms with E-state index in [1.54, 1.807) is 23.5 Å². The average molecular weight is 565 g/mol. The number of hydrogen-bond acceptors (Lipinski definition) is 6. The fraction of sp³-hybridized carbons (Fsp3) is 0.548. The molecule has 0 radical (unpaired) electrons. The minimum absolute atomic E-state index is 0.0123. The van der Waals surface area contributed by atoms with Crippen molar-refractivity contribution in [3.8, 4) is 0 Å². The van der Waals surface area contributed by atoms with Crippen LogP contribution in [0.25, 0.3) is 10.2 Å². The molecule has 1 saturated carbocycles. The van der Waals surface area contributed by atoms with Gasteiger partial charge in [-0.05, 0) is 102 Å². The predicted molar refractivity (Wildman–Crippen MR) is 153 cm³/mol. The third-order valence-electron chi connectivity index (χ3n) is 8.61. The molecule has 2 amide bonds. The Morgan fingerprint density at radius 2 is 1.82 bits per heavy atom. The molecule has 0 spiro atoms. The van der Waals surface area contributed by atoms with E-state index in [4.69, 9.17) is 9.72 Å². The van der Waals surface area contributed by atoms with Crippen LogP contribution in [-0.2, 0) is 4.74 Å². The van der Waals surface area contributed by atoms with Crippen molar-refractivity contribution in [3.05, 3.63) is 58.1 Å². The number of halogens is 1. The fourth-order valence-electron chi connectivity index (χ4n) is 6.82. The maximum Gasteiger partial charge on any atom is 0.410 e. The van der Waals surface area contributed by atoms with Crippen LogP contribution < -0.4 is 0 Å². The van der Waals surface area contributed by atoms with Crippen molar-refractivity contribution in [1.82, 2.24) is 19.8 Å². The van der Waals surface area contributed by atoms with E-state index in [0.29, 0.717) is 17.7 Å². The highest BCUT2D eigenvalue weighted by atomic mass is 32.1. The molecule has 6 rings (SSSR count). The largest absolute Gasteiger partial charge is 0.444 e. The van der Waals surface area contributed by atoms with Gasteiger partial charge in [0.15, 0.2) is 0 Å². The summed E-state index contributed by atoms with van der Waals surface area (Å²) in [5.74, 6) is 0.467. The van der Waals surface area contributed by atoms with Crippen molar-refractivity contribution in [2.24, 2.45) is 0 Å². The summed E-state index contributed by atoms with van der Waals surface area (Å²) >= 11 is 1.60. The number of thiophene rings is 1. The van der Waals surface area contributed by atoms with Crippen LogP contribution in [0.2, 0.25) is 0 Å². The van der Waals surface area contributed by atoms with E-state index in [2.05, 4.69) is 4.98 Å². The summed E-state index contributed by atoms with van der Waals surface area (Å²) in [6.07, 6.45) is 3.85. The highest BCUT2D eigenvalue weighted by molar-refractivity contribution is 7.16. The molecule has 7 nitrogen and oxygen atoms in total. The molecule has 2 aliphatic heterocycles. The van der Waals surface area contributed by atoms with Crippen LogP contribution in [0.3, 0.4) is 0 Å². The molecule has 5 atom stereocenters. The van der Waals surface area contributed by atoms with Crippen molar-refractivity contribution in [2.45, 2.75) is 102 Å². The molecule has 4 heterocycles. The summed E-state index contributed by atoms with van der Waals surface area (Å²) in [5.41, 5.74) is 1.48. The number of aryl methyl sites for hydroxylation is 1. The van der Waals surface area contributed by atoms with Crippen LogP contribution in [0, 0.1) is 12.7 Å². The lowest BCUT2D eigenvalue weighted by molar-refractivity contribution is -0.00248. The first-order valence-corrected chi connectivity index (χ1v) is 15.3. The third-order valence-corrected chi connectivity index (χ3v) is 9.42. The molecule has 2 bridgehead atoms. The number of carbonyl (C=O) groups excluding carboxylic acids is 2. The number of fused-ring (bicyclic) bond motifs is 3. The molecule has 3 fully saturated rings. The number of rotatable bonds is 5. The lowest BCUT2D eigenvalue weighted by Crippen LogP contribution is -2.54. The molecule has 9 heteroatoms. The molecule has 1 aliphatic carbocycles. The van der Waals surface area contributed by atoms with Gasteiger partial charge in [0.1, 0.15) is 22.1 Å². The number of amides is 2. The van der Waals surface area contributed by atoms with Crippen molar-refractivity contribution in [2.75, 3.05) is 6.54 Å². The van der Waals surface area contributed by atoms with Gasteiger partial charge in [0.05, 0.1) is 5.69 Å². The quantitative estimate of drug-likeness (QED) is 0.341. The SMILES string of the molecule is CCN(C(=O)c1ccc(C2CC2c2nc(C)nc3sccc23)c(F)c1)C1C[C@H]2CC[C@@H](C1)N2C(=O)OC(C)(C)C. The minimum atomic E-state index is -0.542. The van der Waals surface area contributed by atoms with E-state index in [-0.39, 0.29) is 47.8 Å². The summed E-state index contributed by atoms with van der Waals surface area (Å²) < 4.78 is 21.1. The van der Waals surface area contributed by atoms with E-state index in [1.165, 1.54) is 6.07 Å². The van der Waals surface area contributed by atoms with Crippen molar-refractivity contribution in [3.63, 3.8) is 0 Å². The second-order valence-electron chi connectivity index (χ2n) is 12.5. The molecular weight excluding hydrogens is 527 g/mol. The average Bonchev–Trinajstić information content (AvgIpc) is 3.44. The van der Waals surface area contributed by atoms with Gasteiger partial charge in [-0.3, -0.25) is 4.79 Å². The maximum atomic E-state index is 15.5. The Hall–Kier alpha value is -3.07. The molecule has 2 aromatic heterocycles. The zero-order valence-corrected chi connectivity index (χ0v) is 24.6. The van der Waals surface area contributed by atoms with Crippen LogP contribution in [0.1, 0.15) is 99.1 Å². The predicted octanol–water partition coefficient (Wildman–Crippen LogP) is 6.80. The summed E-state index contributed by atoms with van der Waals surface area (Å²) in [5, 5.41) is 3.08. The number of benzene rings is 1. The fourth-order valence-corrected chi connectivity index (χ4v) is 7.64. The molecular formula is C31H37FN4O3S. The first-order valence-electron chi connectivity index (χ1n) is 14.4. The van der Waals surface area contributed by atoms with Crippen LogP contribution in [0.15, 0.2) is 29.6 Å². The molecule has 40 heavy (non-hydrogen) atoms. The highest BCUT2D eigenvalue weighted by Crippen LogP contribution is 2.56. The number of nitrogens with zero attached hydrogens (tertiary/aromatic N) is 4. The second-order valence-corrected chi connectivity index (χ2v) is 13.4. The first kappa shape index (κ1) is 27.1. The van der Waals surface area contributed by atoms with Gasteiger partial charge in [-0.25, -0.2) is 19.2 Å². The van der Waals surface area contributed by atoms with Gasteiger partial charge >= 0.3 is 6.09 Å². The van der Waals surface area contributed by atoms with E-state index in [1.807, 2.05) is 55.9 Å². The summed E-state index contributed by atoms with van der Waals surface area (Å²) in [6, 6.07) is 7.15. The topological polar surface area (TPSA) is 75.6 Å². The second kappa shape index (κ2) is 10.1. The lowest BCUT2D eigenvalue weighted by Gasteiger charge is -2.43. The number of aromatic nitrogens is 2. The van der Waals surface area contributed by atoms with Crippen LogP contribution in [-0.4, -0.2) is 62.0 Å². The first-order chi connectivity index (χ1) is 19.0. The molecule has 1 aromatic carbocycles. The van der Waals surface area contributed by atoms with E-state index in [9.17, 15) is 9.59 Å². The molecule has 3 aliphatic rings. The molecule has 212 valence electrons. The number of ether oxygens (including phenoxy) is 1. The van der Waals surface area contributed by atoms with Crippen molar-refractivity contribution >= 4 is 33.6 Å². The normalized spacial score (nSPS) is 25.8. The van der Waals surface area contributed by atoms with Gasteiger partial charge in [-0.1, -0.05) is 6.07 Å². The monoisotopic (exact) mass is 564 g/mol. The highest BCUT2D eigenvalue weighted by Gasteiger charge is 2.47. The van der Waals surface area contributed by atoms with Gasteiger partial charge in [0.2, 0.25) is 0 Å². The van der Waals surface area contributed by atoms with Gasteiger partial charge < -0.3 is 14.5 Å². The standard InChI is InChI=1S/C31H37FN4O3S/c1-6-35(21-14-19-8-9-20(15-21)36(19)30(38)39-31(3,4)5)29(37)18-7-10-22(26(32)13-18)24-16-25(24)27-23-11-12-40-28(23)34-17(2)33-27/h7,10-13,19-21,24-25H,6,8-9,14-16H2,1-5H3/t19-,20+,21?,24?,25?. The zero-order chi connectivity index (χ0) is 28.3. The van der Waals surface area contributed by atoms with Gasteiger partial charge in [0, 0.05) is 41.5 Å². The van der Waals surface area contributed by atoms with Crippen LogP contribution in [0.5, 0.6) is 0 Å². The van der Waals surface area contributed by atoms with Crippen LogP contribution >= 0.6 is 11.3 Å².